The predicted octanol–water partition coefficient (Wildman–Crippen LogP) is 11.7. The molecule has 0 radical (unpaired) electrons. The molecule has 0 aliphatic heterocycles. The number of halogens is 6. The minimum Gasteiger partial charge on any atom is -0.340 e. The molecule has 6 aromatic rings. The lowest BCUT2D eigenvalue weighted by Crippen LogP contribution is -2.05. The fourth-order valence-corrected chi connectivity index (χ4v) is 7.14. The number of hydrogen-bond acceptors (Lipinski definition) is 1. The van der Waals surface area contributed by atoms with Crippen LogP contribution in [-0.4, -0.2) is 4.57 Å². The number of benzene rings is 4. The van der Waals surface area contributed by atoms with Crippen LogP contribution in [0.4, 0.5) is 26.3 Å². The van der Waals surface area contributed by atoms with Crippen molar-refractivity contribution in [2.75, 3.05) is 0 Å². The van der Waals surface area contributed by atoms with Gasteiger partial charge < -0.3 is 4.57 Å². The number of unbranched alkanes of at least 4 members (excludes halogenated alkanes) is 5. The van der Waals surface area contributed by atoms with Crippen molar-refractivity contribution in [1.82, 2.24) is 4.57 Å². The zero-order chi connectivity index (χ0) is 28.2. The Morgan fingerprint density at radius 3 is 1.80 bits per heavy atom. The van der Waals surface area contributed by atoms with E-state index in [-0.39, 0.29) is 0 Å². The molecule has 0 fully saturated rings. The standard InChI is InChI=1S/C32H27F6NS/c1-2-3-4-5-6-7-16-39-27-17-19(31(33,34)35)8-10-21(27)23-12-15-26-24(29(23)39)13-14-25-22-11-9-20(32(36,37)38)18-28(22)40-30(25)26/h8-15,17-18H,2-7,16H2,1H3. The summed E-state index contributed by atoms with van der Waals surface area (Å²) < 4.78 is 84.6. The number of fused-ring (bicyclic) bond motifs is 9. The second kappa shape index (κ2) is 9.98. The maximum Gasteiger partial charge on any atom is 0.416 e. The van der Waals surface area contributed by atoms with E-state index >= 15 is 0 Å². The molecule has 40 heavy (non-hydrogen) atoms. The molecular weight excluding hydrogens is 544 g/mol. The zero-order valence-corrected chi connectivity index (χ0v) is 22.7. The molecule has 0 aliphatic carbocycles. The summed E-state index contributed by atoms with van der Waals surface area (Å²) in [6.07, 6.45) is -2.49. The first-order valence-electron chi connectivity index (χ1n) is 13.6. The Bertz CT molecular complexity index is 1870. The molecule has 0 saturated heterocycles. The van der Waals surface area contributed by atoms with Crippen LogP contribution in [0.1, 0.15) is 56.6 Å². The molecule has 0 atom stereocenters. The van der Waals surface area contributed by atoms with E-state index in [0.29, 0.717) is 16.8 Å². The number of hydrogen-bond donors (Lipinski definition) is 0. The average molecular weight is 572 g/mol. The molecule has 0 aliphatic rings. The molecule has 2 aromatic heterocycles. The summed E-state index contributed by atoms with van der Waals surface area (Å²) in [4.78, 5) is 0. The molecular formula is C32H27F6NS. The highest BCUT2D eigenvalue weighted by Crippen LogP contribution is 2.44. The van der Waals surface area contributed by atoms with Gasteiger partial charge in [-0.15, -0.1) is 11.3 Å². The van der Waals surface area contributed by atoms with Crippen LogP contribution in [0.3, 0.4) is 0 Å². The number of aromatic nitrogens is 1. The highest BCUT2D eigenvalue weighted by Gasteiger charge is 2.32. The summed E-state index contributed by atoms with van der Waals surface area (Å²) in [5.74, 6) is 0. The van der Waals surface area contributed by atoms with Crippen LogP contribution in [-0.2, 0) is 18.9 Å². The SMILES string of the molecule is CCCCCCCCn1c2cc(C(F)(F)F)ccc2c2ccc3c(ccc4c5ccc(C(F)(F)F)cc5sc43)c21. The van der Waals surface area contributed by atoms with Gasteiger partial charge in [0.15, 0.2) is 0 Å². The van der Waals surface area contributed by atoms with Crippen molar-refractivity contribution < 1.29 is 26.3 Å². The van der Waals surface area contributed by atoms with Gasteiger partial charge in [0.2, 0.25) is 0 Å². The second-order valence-electron chi connectivity index (χ2n) is 10.5. The summed E-state index contributed by atoms with van der Waals surface area (Å²) in [5.41, 5.74) is 0.0642. The van der Waals surface area contributed by atoms with Crippen molar-refractivity contribution in [3.05, 3.63) is 71.8 Å². The Balaban J connectivity index is 1.56. The number of thiophene rings is 1. The Kier molecular flexibility index (Phi) is 6.72. The van der Waals surface area contributed by atoms with Crippen LogP contribution in [0.15, 0.2) is 60.7 Å². The monoisotopic (exact) mass is 571 g/mol. The van der Waals surface area contributed by atoms with Crippen LogP contribution in [0, 0.1) is 0 Å². The minimum absolute atomic E-state index is 0.553. The molecule has 1 nitrogen and oxygen atoms in total. The van der Waals surface area contributed by atoms with E-state index in [2.05, 4.69) is 6.92 Å². The molecule has 0 unspecified atom stereocenters. The summed E-state index contributed by atoms with van der Waals surface area (Å²) in [5, 5.41) is 5.06. The van der Waals surface area contributed by atoms with Crippen molar-refractivity contribution in [3.8, 4) is 0 Å². The maximum atomic E-state index is 13.7. The van der Waals surface area contributed by atoms with Crippen LogP contribution in [0.25, 0.3) is 52.8 Å². The largest absolute Gasteiger partial charge is 0.416 e. The highest BCUT2D eigenvalue weighted by molar-refractivity contribution is 7.26. The topological polar surface area (TPSA) is 4.93 Å². The van der Waals surface area contributed by atoms with Crippen molar-refractivity contribution in [2.24, 2.45) is 0 Å². The molecule has 0 spiro atoms. The molecule has 8 heteroatoms. The van der Waals surface area contributed by atoms with Crippen LogP contribution in [0.2, 0.25) is 0 Å². The molecule has 4 aromatic carbocycles. The third kappa shape index (κ3) is 4.60. The number of alkyl halides is 6. The summed E-state index contributed by atoms with van der Waals surface area (Å²) in [6.45, 7) is 2.75. The van der Waals surface area contributed by atoms with Gasteiger partial charge in [0.1, 0.15) is 0 Å². The Morgan fingerprint density at radius 2 is 1.12 bits per heavy atom. The molecule has 0 saturated carbocycles. The van der Waals surface area contributed by atoms with Gasteiger partial charge in [0.25, 0.3) is 0 Å². The summed E-state index contributed by atoms with van der Waals surface area (Å²) >= 11 is 1.32. The molecule has 0 bridgehead atoms. The quantitative estimate of drug-likeness (QED) is 0.133. The Labute approximate surface area is 231 Å². The molecule has 2 heterocycles. The van der Waals surface area contributed by atoms with E-state index in [0.717, 1.165) is 86.8 Å². The van der Waals surface area contributed by atoms with E-state index < -0.39 is 23.5 Å². The van der Waals surface area contributed by atoms with E-state index in [4.69, 9.17) is 0 Å². The van der Waals surface area contributed by atoms with Gasteiger partial charge in [0.05, 0.1) is 16.6 Å². The summed E-state index contributed by atoms with van der Waals surface area (Å²) in [7, 11) is 0. The molecule has 0 N–H and O–H groups in total. The Hall–Kier alpha value is -3.26. The Morgan fingerprint density at radius 1 is 0.600 bits per heavy atom. The first kappa shape index (κ1) is 26.9. The fourth-order valence-electron chi connectivity index (χ4n) is 5.87. The van der Waals surface area contributed by atoms with Crippen LogP contribution >= 0.6 is 11.3 Å². The lowest BCUT2D eigenvalue weighted by molar-refractivity contribution is -0.138. The first-order chi connectivity index (χ1) is 19.1. The van der Waals surface area contributed by atoms with Crippen molar-refractivity contribution in [1.29, 1.82) is 0 Å². The van der Waals surface area contributed by atoms with Gasteiger partial charge in [-0.3, -0.25) is 0 Å². The van der Waals surface area contributed by atoms with E-state index in [9.17, 15) is 26.3 Å². The average Bonchev–Trinajstić information content (AvgIpc) is 3.44. The predicted molar refractivity (Wildman–Crippen MR) is 153 cm³/mol. The van der Waals surface area contributed by atoms with Gasteiger partial charge in [-0.1, -0.05) is 75.4 Å². The fraction of sp³-hybridized carbons (Fsp3) is 0.312. The van der Waals surface area contributed by atoms with E-state index in [1.165, 1.54) is 36.0 Å². The lowest BCUT2D eigenvalue weighted by atomic mass is 10.0. The number of aryl methyl sites for hydroxylation is 1. The van der Waals surface area contributed by atoms with Crippen molar-refractivity contribution in [3.63, 3.8) is 0 Å². The maximum absolute atomic E-state index is 13.7. The van der Waals surface area contributed by atoms with E-state index in [1.54, 1.807) is 6.07 Å². The van der Waals surface area contributed by atoms with Gasteiger partial charge >= 0.3 is 12.4 Å². The van der Waals surface area contributed by atoms with Crippen molar-refractivity contribution >= 4 is 64.1 Å². The third-order valence-corrected chi connectivity index (χ3v) is 9.05. The third-order valence-electron chi connectivity index (χ3n) is 7.85. The normalized spacial score (nSPS) is 13.1. The smallest absolute Gasteiger partial charge is 0.340 e. The van der Waals surface area contributed by atoms with Crippen LogP contribution in [0.5, 0.6) is 0 Å². The molecule has 6 rings (SSSR count). The van der Waals surface area contributed by atoms with E-state index in [1.807, 2.05) is 28.8 Å². The first-order valence-corrected chi connectivity index (χ1v) is 14.4. The molecule has 0 amide bonds. The van der Waals surface area contributed by atoms with Gasteiger partial charge in [-0.05, 0) is 30.7 Å². The van der Waals surface area contributed by atoms with Gasteiger partial charge in [-0.2, -0.15) is 26.3 Å². The van der Waals surface area contributed by atoms with Gasteiger partial charge in [0, 0.05) is 53.8 Å². The van der Waals surface area contributed by atoms with Gasteiger partial charge in [-0.25, -0.2) is 0 Å². The number of rotatable bonds is 7. The minimum atomic E-state index is -4.45. The summed E-state index contributed by atoms with van der Waals surface area (Å²) in [6, 6.07) is 15.5. The zero-order valence-electron chi connectivity index (χ0n) is 21.8. The van der Waals surface area contributed by atoms with Crippen molar-refractivity contribution in [2.45, 2.75) is 64.3 Å². The van der Waals surface area contributed by atoms with Crippen LogP contribution < -0.4 is 0 Å². The highest BCUT2D eigenvalue weighted by atomic mass is 32.1. The second-order valence-corrected chi connectivity index (χ2v) is 11.5. The number of nitrogens with zero attached hydrogens (tertiary/aromatic N) is 1. The lowest BCUT2D eigenvalue weighted by Gasteiger charge is -2.11. The molecule has 208 valence electrons.